The summed E-state index contributed by atoms with van der Waals surface area (Å²) < 4.78 is 16.8. The van der Waals surface area contributed by atoms with Gasteiger partial charge in [-0.05, 0) is 122 Å². The molecule has 0 unspecified atom stereocenters. The van der Waals surface area contributed by atoms with Crippen LogP contribution in [0.3, 0.4) is 0 Å². The SMILES string of the molecule is CCCCC/C=C\C/C=C\C/C=C\C/C=C\CCCCCC(=O)OC[C@H](COC(=O)CCCCCCC/C=C\CCCCCCCC)OC(=O)CCC/C=C\C/C=C\C/C=C\CCCCCCCC. The molecule has 0 aromatic heterocycles. The van der Waals surface area contributed by atoms with Gasteiger partial charge in [0.15, 0.2) is 6.10 Å². The highest BCUT2D eigenvalue weighted by molar-refractivity contribution is 5.71. The number of ether oxygens (including phenoxy) is 3. The number of hydrogen-bond donors (Lipinski definition) is 0. The van der Waals surface area contributed by atoms with Crippen LogP contribution >= 0.6 is 0 Å². The van der Waals surface area contributed by atoms with Crippen molar-refractivity contribution in [2.45, 2.75) is 271 Å². The molecule has 0 aliphatic carbocycles. The van der Waals surface area contributed by atoms with Crippen molar-refractivity contribution in [3.8, 4) is 0 Å². The Hall–Kier alpha value is -3.67. The Labute approximate surface area is 426 Å². The molecule has 0 aromatic rings. The van der Waals surface area contributed by atoms with E-state index in [0.29, 0.717) is 19.3 Å². The van der Waals surface area contributed by atoms with E-state index in [4.69, 9.17) is 14.2 Å². The molecule has 0 radical (unpaired) electrons. The zero-order valence-electron chi connectivity index (χ0n) is 45.0. The second kappa shape index (κ2) is 56.9. The number of carbonyl (C=O) groups is 3. The highest BCUT2D eigenvalue weighted by Crippen LogP contribution is 2.13. The molecule has 0 aliphatic rings. The molecule has 0 aromatic carbocycles. The quantitative estimate of drug-likeness (QED) is 0.0262. The fourth-order valence-corrected chi connectivity index (χ4v) is 7.67. The van der Waals surface area contributed by atoms with Gasteiger partial charge in [0.05, 0.1) is 0 Å². The second-order valence-corrected chi connectivity index (χ2v) is 18.8. The molecule has 0 amide bonds. The Balaban J connectivity index is 4.54. The summed E-state index contributed by atoms with van der Waals surface area (Å²) in [6.07, 6.45) is 75.4. The molecule has 6 heteroatoms. The molecule has 1 atom stereocenters. The van der Waals surface area contributed by atoms with Gasteiger partial charge in [0, 0.05) is 19.3 Å². The third-order valence-electron chi connectivity index (χ3n) is 12.0. The van der Waals surface area contributed by atoms with Crippen LogP contribution in [0, 0.1) is 0 Å². The Morgan fingerprint density at radius 1 is 0.290 bits per heavy atom. The molecule has 0 aliphatic heterocycles. The monoisotopic (exact) mass is 959 g/mol. The molecular weight excluding hydrogens is 853 g/mol. The first-order valence-corrected chi connectivity index (χ1v) is 28.7. The third kappa shape index (κ3) is 55.1. The molecule has 0 bridgehead atoms. The maximum atomic E-state index is 12.8. The van der Waals surface area contributed by atoms with Gasteiger partial charge in [-0.1, -0.05) is 221 Å². The number of unbranched alkanes of at least 4 members (excludes halogenated alkanes) is 24. The van der Waals surface area contributed by atoms with Gasteiger partial charge in [0.2, 0.25) is 0 Å². The maximum Gasteiger partial charge on any atom is 0.306 e. The molecule has 0 heterocycles. The summed E-state index contributed by atoms with van der Waals surface area (Å²) in [5.41, 5.74) is 0. The Morgan fingerprint density at radius 3 is 0.913 bits per heavy atom. The van der Waals surface area contributed by atoms with Gasteiger partial charge in [-0.3, -0.25) is 14.4 Å². The number of rotatable bonds is 51. The Kier molecular flexibility index (Phi) is 53.9. The first kappa shape index (κ1) is 65.3. The summed E-state index contributed by atoms with van der Waals surface area (Å²) in [5, 5.41) is 0. The largest absolute Gasteiger partial charge is 0.462 e. The summed E-state index contributed by atoms with van der Waals surface area (Å²) >= 11 is 0. The minimum Gasteiger partial charge on any atom is -0.462 e. The van der Waals surface area contributed by atoms with Crippen LogP contribution in [0.5, 0.6) is 0 Å². The van der Waals surface area contributed by atoms with E-state index in [1.54, 1.807) is 0 Å². The maximum absolute atomic E-state index is 12.8. The van der Waals surface area contributed by atoms with Crippen molar-refractivity contribution in [1.82, 2.24) is 0 Å². The van der Waals surface area contributed by atoms with Crippen LogP contribution in [0.4, 0.5) is 0 Å². The van der Waals surface area contributed by atoms with E-state index in [0.717, 1.165) is 96.3 Å². The molecular formula is C63H106O6. The van der Waals surface area contributed by atoms with E-state index >= 15 is 0 Å². The number of allylic oxidation sites excluding steroid dienone is 16. The minimum atomic E-state index is -0.822. The van der Waals surface area contributed by atoms with Crippen molar-refractivity contribution in [2.75, 3.05) is 13.2 Å². The van der Waals surface area contributed by atoms with E-state index in [1.807, 2.05) is 0 Å². The zero-order valence-corrected chi connectivity index (χ0v) is 45.0. The van der Waals surface area contributed by atoms with Crippen molar-refractivity contribution in [3.05, 3.63) is 97.2 Å². The molecule has 0 fully saturated rings. The lowest BCUT2D eigenvalue weighted by Gasteiger charge is -2.18. The number of esters is 3. The predicted molar refractivity (Wildman–Crippen MR) is 297 cm³/mol. The van der Waals surface area contributed by atoms with E-state index in [-0.39, 0.29) is 37.5 Å². The summed E-state index contributed by atoms with van der Waals surface area (Å²) in [4.78, 5) is 38.1. The fraction of sp³-hybridized carbons (Fsp3) is 0.698. The van der Waals surface area contributed by atoms with Crippen molar-refractivity contribution in [1.29, 1.82) is 0 Å². The highest BCUT2D eigenvalue weighted by Gasteiger charge is 2.19. The topological polar surface area (TPSA) is 78.9 Å². The van der Waals surface area contributed by atoms with Crippen molar-refractivity contribution >= 4 is 17.9 Å². The number of carbonyl (C=O) groups excluding carboxylic acids is 3. The summed E-state index contributed by atoms with van der Waals surface area (Å²) in [6.45, 7) is 6.53. The molecule has 0 rings (SSSR count). The summed E-state index contributed by atoms with van der Waals surface area (Å²) in [6, 6.07) is 0. The van der Waals surface area contributed by atoms with E-state index < -0.39 is 6.10 Å². The molecule has 0 saturated carbocycles. The van der Waals surface area contributed by atoms with E-state index in [2.05, 4.69) is 118 Å². The van der Waals surface area contributed by atoms with Crippen LogP contribution in [0.25, 0.3) is 0 Å². The van der Waals surface area contributed by atoms with Gasteiger partial charge < -0.3 is 14.2 Å². The van der Waals surface area contributed by atoms with Crippen LogP contribution in [-0.4, -0.2) is 37.2 Å². The summed E-state index contributed by atoms with van der Waals surface area (Å²) in [5.74, 6) is -1.00. The normalized spacial score (nSPS) is 12.8. The zero-order chi connectivity index (χ0) is 50.0. The minimum absolute atomic E-state index is 0.113. The third-order valence-corrected chi connectivity index (χ3v) is 12.0. The smallest absolute Gasteiger partial charge is 0.306 e. The Morgan fingerprint density at radius 2 is 0.536 bits per heavy atom. The van der Waals surface area contributed by atoms with Gasteiger partial charge in [-0.2, -0.15) is 0 Å². The Bertz CT molecular complexity index is 1380. The van der Waals surface area contributed by atoms with E-state index in [1.165, 1.54) is 122 Å². The predicted octanol–water partition coefficient (Wildman–Crippen LogP) is 19.3. The van der Waals surface area contributed by atoms with Crippen molar-refractivity contribution in [3.63, 3.8) is 0 Å². The van der Waals surface area contributed by atoms with Crippen molar-refractivity contribution < 1.29 is 28.6 Å². The average molecular weight is 960 g/mol. The van der Waals surface area contributed by atoms with Gasteiger partial charge in [0.25, 0.3) is 0 Å². The van der Waals surface area contributed by atoms with Gasteiger partial charge in [-0.25, -0.2) is 0 Å². The van der Waals surface area contributed by atoms with Gasteiger partial charge in [0.1, 0.15) is 13.2 Å². The fourth-order valence-electron chi connectivity index (χ4n) is 7.67. The second-order valence-electron chi connectivity index (χ2n) is 18.8. The van der Waals surface area contributed by atoms with Crippen LogP contribution in [0.15, 0.2) is 97.2 Å². The first-order valence-electron chi connectivity index (χ1n) is 28.7. The molecule has 394 valence electrons. The average Bonchev–Trinajstić information content (AvgIpc) is 3.35. The first-order chi connectivity index (χ1) is 34.0. The molecule has 69 heavy (non-hydrogen) atoms. The standard InChI is InChI=1S/C63H106O6/c1-4-7-10-13-16-19-22-25-28-30-31-33-35-38-41-44-47-50-53-56-62(65)68-59-60(58-67-61(64)55-52-49-46-43-40-37-34-27-24-21-18-15-12-9-6-3)69-63(66)57-54-51-48-45-42-39-36-32-29-26-23-20-17-14-11-8-5-2/h16,19,25-29,31,33-34,36,38-39,41,45,48,60H,4-15,17-18,20-24,30,32,35,37,40,42-44,46-47,49-59H2,1-3H3/b19-16-,28-25-,29-26-,33-31-,34-27-,39-36-,41-38-,48-45-/t60-/m0/s1. The van der Waals surface area contributed by atoms with Crippen molar-refractivity contribution in [2.24, 2.45) is 0 Å². The van der Waals surface area contributed by atoms with E-state index in [9.17, 15) is 14.4 Å². The van der Waals surface area contributed by atoms with Gasteiger partial charge in [-0.15, -0.1) is 0 Å². The molecule has 0 N–H and O–H groups in total. The highest BCUT2D eigenvalue weighted by atomic mass is 16.6. The lowest BCUT2D eigenvalue weighted by atomic mass is 10.1. The van der Waals surface area contributed by atoms with Gasteiger partial charge >= 0.3 is 17.9 Å². The lowest BCUT2D eigenvalue weighted by Crippen LogP contribution is -2.30. The van der Waals surface area contributed by atoms with Crippen LogP contribution < -0.4 is 0 Å². The number of hydrogen-bond acceptors (Lipinski definition) is 6. The molecule has 6 nitrogen and oxygen atoms in total. The molecule has 0 saturated heterocycles. The summed E-state index contributed by atoms with van der Waals surface area (Å²) in [7, 11) is 0. The lowest BCUT2D eigenvalue weighted by molar-refractivity contribution is -0.167. The van der Waals surface area contributed by atoms with Crippen LogP contribution in [0.2, 0.25) is 0 Å². The van der Waals surface area contributed by atoms with Crippen LogP contribution in [-0.2, 0) is 28.6 Å². The van der Waals surface area contributed by atoms with Crippen LogP contribution in [0.1, 0.15) is 265 Å². The molecule has 0 spiro atoms.